The van der Waals surface area contributed by atoms with E-state index < -0.39 is 0 Å². The van der Waals surface area contributed by atoms with E-state index in [0.29, 0.717) is 0 Å². The lowest BCUT2D eigenvalue weighted by Gasteiger charge is -2.19. The van der Waals surface area contributed by atoms with Gasteiger partial charge >= 0.3 is 0 Å². The molecule has 0 N–H and O–H groups in total. The zero-order valence-electron chi connectivity index (χ0n) is 14.3. The molecule has 1 aromatic carbocycles. The maximum absolute atomic E-state index is 3.38. The van der Waals surface area contributed by atoms with Gasteiger partial charge in [-0.2, -0.15) is 0 Å². The van der Waals surface area contributed by atoms with Crippen molar-refractivity contribution in [3.63, 3.8) is 0 Å². The molecule has 0 aromatic heterocycles. The van der Waals surface area contributed by atoms with Gasteiger partial charge in [0, 0.05) is 5.56 Å². The second-order valence-electron chi connectivity index (χ2n) is 6.52. The van der Waals surface area contributed by atoms with Crippen LogP contribution in [0.1, 0.15) is 76.3 Å². The third-order valence-corrected chi connectivity index (χ3v) is 4.72. The molecule has 1 aromatic rings. The molecule has 118 valence electrons. The van der Waals surface area contributed by atoms with Crippen molar-refractivity contribution in [1.29, 1.82) is 0 Å². The van der Waals surface area contributed by atoms with Crippen molar-refractivity contribution in [2.75, 3.05) is 0 Å². The van der Waals surface area contributed by atoms with Crippen LogP contribution in [0.2, 0.25) is 0 Å². The van der Waals surface area contributed by atoms with E-state index in [1.54, 1.807) is 0 Å². The summed E-state index contributed by atoms with van der Waals surface area (Å²) in [6, 6.07) is 8.66. The van der Waals surface area contributed by atoms with Crippen LogP contribution >= 0.6 is 0 Å². The molecule has 0 aliphatic heterocycles. The molecule has 0 amide bonds. The molecule has 0 bridgehead atoms. The van der Waals surface area contributed by atoms with Crippen LogP contribution in [-0.4, -0.2) is 0 Å². The highest BCUT2D eigenvalue weighted by Gasteiger charge is 2.12. The fourth-order valence-electron chi connectivity index (χ4n) is 3.10. The van der Waals surface area contributed by atoms with Gasteiger partial charge in [-0.25, -0.2) is 0 Å². The van der Waals surface area contributed by atoms with E-state index in [4.69, 9.17) is 0 Å². The van der Waals surface area contributed by atoms with Crippen molar-refractivity contribution in [3.8, 4) is 11.8 Å². The quantitative estimate of drug-likeness (QED) is 0.427. The van der Waals surface area contributed by atoms with Gasteiger partial charge in [-0.15, -0.1) is 0 Å². The molecule has 0 fully saturated rings. The molecule has 1 aliphatic carbocycles. The Labute approximate surface area is 137 Å². The number of hydrogen-bond donors (Lipinski definition) is 0. The standard InChI is InChI=1S/C22H30/c1-3-5-6-7-8-20-13-15-22(16-14-20)18-17-21-11-9-19(4-2)10-12-21/h9-12,15,20H,3-8,13-14,16H2,1-2H3. The number of allylic oxidation sites excluding steroid dienone is 2. The largest absolute Gasteiger partial charge is 0.0726 e. The average Bonchev–Trinajstić information content (AvgIpc) is 2.58. The zero-order chi connectivity index (χ0) is 15.6. The molecule has 0 saturated carbocycles. The summed E-state index contributed by atoms with van der Waals surface area (Å²) in [7, 11) is 0. The van der Waals surface area contributed by atoms with Gasteiger partial charge in [-0.1, -0.05) is 76.0 Å². The van der Waals surface area contributed by atoms with Gasteiger partial charge in [-0.05, 0) is 54.9 Å². The Bertz CT molecular complexity index is 521. The van der Waals surface area contributed by atoms with Crippen molar-refractivity contribution >= 4 is 0 Å². The van der Waals surface area contributed by atoms with Crippen molar-refractivity contribution in [3.05, 3.63) is 47.0 Å². The number of rotatable bonds is 6. The van der Waals surface area contributed by atoms with Gasteiger partial charge in [0.15, 0.2) is 0 Å². The highest BCUT2D eigenvalue weighted by atomic mass is 14.2. The Morgan fingerprint density at radius 2 is 1.82 bits per heavy atom. The van der Waals surface area contributed by atoms with E-state index in [-0.39, 0.29) is 0 Å². The van der Waals surface area contributed by atoms with Crippen LogP contribution in [-0.2, 0) is 6.42 Å². The average molecular weight is 294 g/mol. The normalized spacial score (nSPS) is 17.5. The monoisotopic (exact) mass is 294 g/mol. The highest BCUT2D eigenvalue weighted by molar-refractivity contribution is 5.42. The van der Waals surface area contributed by atoms with Crippen LogP contribution in [0, 0.1) is 17.8 Å². The first-order chi connectivity index (χ1) is 10.8. The fourth-order valence-corrected chi connectivity index (χ4v) is 3.10. The van der Waals surface area contributed by atoms with Gasteiger partial charge in [0.2, 0.25) is 0 Å². The van der Waals surface area contributed by atoms with E-state index in [0.717, 1.165) is 17.9 Å². The topological polar surface area (TPSA) is 0 Å². The predicted molar refractivity (Wildman–Crippen MR) is 96.9 cm³/mol. The van der Waals surface area contributed by atoms with Gasteiger partial charge in [0.05, 0.1) is 0 Å². The molecule has 0 heterocycles. The summed E-state index contributed by atoms with van der Waals surface area (Å²) >= 11 is 0. The maximum atomic E-state index is 3.38. The first-order valence-electron chi connectivity index (χ1n) is 9.11. The molecular weight excluding hydrogens is 264 g/mol. The highest BCUT2D eigenvalue weighted by Crippen LogP contribution is 2.27. The third-order valence-electron chi connectivity index (χ3n) is 4.72. The van der Waals surface area contributed by atoms with Crippen molar-refractivity contribution in [2.45, 2.75) is 71.6 Å². The molecule has 1 aliphatic rings. The molecular formula is C22H30. The minimum Gasteiger partial charge on any atom is -0.0726 e. The van der Waals surface area contributed by atoms with Crippen LogP contribution in [0.3, 0.4) is 0 Å². The van der Waals surface area contributed by atoms with Crippen LogP contribution < -0.4 is 0 Å². The Hall–Kier alpha value is -1.48. The van der Waals surface area contributed by atoms with E-state index in [1.165, 1.54) is 62.5 Å². The van der Waals surface area contributed by atoms with E-state index in [9.17, 15) is 0 Å². The molecule has 0 nitrogen and oxygen atoms in total. The summed E-state index contributed by atoms with van der Waals surface area (Å²) in [6.07, 6.45) is 14.2. The van der Waals surface area contributed by atoms with E-state index >= 15 is 0 Å². The molecule has 0 radical (unpaired) electrons. The van der Waals surface area contributed by atoms with Crippen LogP contribution in [0.4, 0.5) is 0 Å². The molecule has 1 unspecified atom stereocenters. The van der Waals surface area contributed by atoms with Crippen LogP contribution in [0.5, 0.6) is 0 Å². The lowest BCUT2D eigenvalue weighted by Crippen LogP contribution is -2.05. The summed E-state index contributed by atoms with van der Waals surface area (Å²) in [5.74, 6) is 7.61. The van der Waals surface area contributed by atoms with Crippen molar-refractivity contribution in [2.24, 2.45) is 5.92 Å². The van der Waals surface area contributed by atoms with Crippen LogP contribution in [0.15, 0.2) is 35.9 Å². The summed E-state index contributed by atoms with van der Waals surface area (Å²) in [5.41, 5.74) is 3.87. The Balaban J connectivity index is 1.80. The summed E-state index contributed by atoms with van der Waals surface area (Å²) < 4.78 is 0. The third kappa shape index (κ3) is 5.72. The predicted octanol–water partition coefficient (Wildman–Crippen LogP) is 6.30. The number of hydrogen-bond acceptors (Lipinski definition) is 0. The minimum absolute atomic E-state index is 0.909. The second kappa shape index (κ2) is 9.52. The summed E-state index contributed by atoms with van der Waals surface area (Å²) in [6.45, 7) is 4.47. The number of unbranched alkanes of at least 4 members (excludes halogenated alkanes) is 3. The number of benzene rings is 1. The molecule has 2 rings (SSSR count). The maximum Gasteiger partial charge on any atom is 0.0249 e. The fraction of sp³-hybridized carbons (Fsp3) is 0.545. The summed E-state index contributed by atoms with van der Waals surface area (Å²) in [5, 5.41) is 0. The second-order valence-corrected chi connectivity index (χ2v) is 6.52. The molecule has 0 saturated heterocycles. The summed E-state index contributed by atoms with van der Waals surface area (Å²) in [4.78, 5) is 0. The Kier molecular flexibility index (Phi) is 7.31. The van der Waals surface area contributed by atoms with Crippen LogP contribution in [0.25, 0.3) is 0 Å². The minimum atomic E-state index is 0.909. The zero-order valence-corrected chi connectivity index (χ0v) is 14.3. The first kappa shape index (κ1) is 16.9. The van der Waals surface area contributed by atoms with Gasteiger partial charge < -0.3 is 0 Å². The van der Waals surface area contributed by atoms with Crippen molar-refractivity contribution < 1.29 is 0 Å². The van der Waals surface area contributed by atoms with E-state index in [2.05, 4.69) is 56.0 Å². The first-order valence-corrected chi connectivity index (χ1v) is 9.11. The van der Waals surface area contributed by atoms with Gasteiger partial charge in [-0.3, -0.25) is 0 Å². The van der Waals surface area contributed by atoms with E-state index in [1.807, 2.05) is 0 Å². The molecule has 1 atom stereocenters. The number of aryl methyl sites for hydroxylation is 1. The molecule has 0 heteroatoms. The lowest BCUT2D eigenvalue weighted by molar-refractivity contribution is 0.417. The SMILES string of the molecule is CCCCCCC1CC=C(C#Cc2ccc(CC)cc2)CC1. The smallest absolute Gasteiger partial charge is 0.0249 e. The van der Waals surface area contributed by atoms with Gasteiger partial charge in [0.25, 0.3) is 0 Å². The van der Waals surface area contributed by atoms with Crippen molar-refractivity contribution in [1.82, 2.24) is 0 Å². The Morgan fingerprint density at radius 3 is 2.45 bits per heavy atom. The molecule has 22 heavy (non-hydrogen) atoms. The molecule has 0 spiro atoms. The van der Waals surface area contributed by atoms with Gasteiger partial charge in [0.1, 0.15) is 0 Å². The Morgan fingerprint density at radius 1 is 1.00 bits per heavy atom. The lowest BCUT2D eigenvalue weighted by atomic mass is 9.86.